The van der Waals surface area contributed by atoms with E-state index in [2.05, 4.69) is 181 Å². The van der Waals surface area contributed by atoms with E-state index in [0.29, 0.717) is 0 Å². The largest absolute Gasteiger partial charge is 0.455 e. The highest BCUT2D eigenvalue weighted by atomic mass is 32.1. The van der Waals surface area contributed by atoms with Gasteiger partial charge in [0.2, 0.25) is 0 Å². The lowest BCUT2D eigenvalue weighted by atomic mass is 9.97. The van der Waals surface area contributed by atoms with Crippen LogP contribution in [0.1, 0.15) is 0 Å². The first-order valence-corrected chi connectivity index (χ1v) is 19.1. The maximum Gasteiger partial charge on any atom is 0.143 e. The van der Waals surface area contributed by atoms with Crippen LogP contribution >= 0.6 is 11.3 Å². The molecule has 12 aromatic rings. The van der Waals surface area contributed by atoms with Crippen molar-refractivity contribution in [2.45, 2.75) is 0 Å². The van der Waals surface area contributed by atoms with Crippen LogP contribution in [0.3, 0.4) is 0 Å². The quantitative estimate of drug-likeness (QED) is 0.182. The molecule has 0 saturated carbocycles. The lowest BCUT2D eigenvalue weighted by Gasteiger charge is -2.27. The van der Waals surface area contributed by atoms with Gasteiger partial charge in [-0.2, -0.15) is 0 Å². The zero-order valence-corrected chi connectivity index (χ0v) is 29.7. The first kappa shape index (κ1) is 29.7. The minimum absolute atomic E-state index is 0.866. The molecule has 0 aliphatic rings. The minimum Gasteiger partial charge on any atom is -0.455 e. The third kappa shape index (κ3) is 4.23. The minimum atomic E-state index is 0.866. The molecule has 0 N–H and O–H groups in total. The highest BCUT2D eigenvalue weighted by molar-refractivity contribution is 7.26. The number of furan rings is 2. The van der Waals surface area contributed by atoms with Crippen LogP contribution in [0.5, 0.6) is 0 Å². The van der Waals surface area contributed by atoms with E-state index < -0.39 is 0 Å². The van der Waals surface area contributed by atoms with Crippen LogP contribution in [0.15, 0.2) is 185 Å². The van der Waals surface area contributed by atoms with Gasteiger partial charge in [0.15, 0.2) is 0 Å². The molecule has 0 amide bonds. The van der Waals surface area contributed by atoms with Gasteiger partial charge in [-0.15, -0.1) is 11.3 Å². The molecule has 0 aliphatic carbocycles. The molecule has 12 rings (SSSR count). The lowest BCUT2D eigenvalue weighted by Crippen LogP contribution is -2.10. The van der Waals surface area contributed by atoms with Gasteiger partial charge in [0.1, 0.15) is 22.3 Å². The van der Waals surface area contributed by atoms with E-state index in [1.54, 1.807) is 0 Å². The summed E-state index contributed by atoms with van der Waals surface area (Å²) in [4.78, 5) is 2.44. The molecule has 0 bridgehead atoms. The van der Waals surface area contributed by atoms with Crippen molar-refractivity contribution < 1.29 is 8.83 Å². The number of thiophene rings is 1. The lowest BCUT2D eigenvalue weighted by molar-refractivity contribution is 0.672. The maximum absolute atomic E-state index is 6.73. The van der Waals surface area contributed by atoms with Crippen molar-refractivity contribution in [3.8, 4) is 11.1 Å². The fourth-order valence-electron chi connectivity index (χ4n) is 8.64. The molecular weight excluding hydrogens is 679 g/mol. The summed E-state index contributed by atoms with van der Waals surface area (Å²) in [5.41, 5.74) is 9.12. The van der Waals surface area contributed by atoms with Gasteiger partial charge in [0.25, 0.3) is 0 Å². The average Bonchev–Trinajstić information content (AvgIpc) is 3.93. The summed E-state index contributed by atoms with van der Waals surface area (Å²) < 4.78 is 15.9. The number of hydrogen-bond donors (Lipinski definition) is 0. The van der Waals surface area contributed by atoms with Gasteiger partial charge in [-0.1, -0.05) is 121 Å². The Labute approximate surface area is 313 Å². The molecule has 0 saturated heterocycles. The highest BCUT2D eigenvalue weighted by Gasteiger charge is 2.24. The van der Waals surface area contributed by atoms with Gasteiger partial charge >= 0.3 is 0 Å². The second-order valence-corrected chi connectivity index (χ2v) is 15.0. The SMILES string of the molecule is c1cc(-c2cccc3oc4c5ccccc5ccc4c23)cc(N(c2cccc3c2sc2ccccc23)c2cccc3oc4c5ccccc5ccc4c23)c1. The van der Waals surface area contributed by atoms with E-state index >= 15 is 0 Å². The van der Waals surface area contributed by atoms with E-state index in [0.717, 1.165) is 82.8 Å². The highest BCUT2D eigenvalue weighted by Crippen LogP contribution is 2.49. The zero-order valence-electron chi connectivity index (χ0n) is 28.9. The molecule has 0 atom stereocenters. The Hall–Kier alpha value is -6.88. The van der Waals surface area contributed by atoms with Crippen molar-refractivity contribution in [3.05, 3.63) is 176 Å². The molecule has 3 nitrogen and oxygen atoms in total. The fraction of sp³-hybridized carbons (Fsp3) is 0. The molecule has 0 aliphatic heterocycles. The van der Waals surface area contributed by atoms with Crippen LogP contribution in [0.25, 0.3) is 96.7 Å². The summed E-state index contributed by atoms with van der Waals surface area (Å²) >= 11 is 1.85. The third-order valence-corrected chi connectivity index (χ3v) is 12.2. The molecule has 3 heterocycles. The predicted octanol–water partition coefficient (Wildman–Crippen LogP) is 15.3. The summed E-state index contributed by atoms with van der Waals surface area (Å²) in [7, 11) is 0. The predicted molar refractivity (Wildman–Crippen MR) is 229 cm³/mol. The Morgan fingerprint density at radius 1 is 0.407 bits per heavy atom. The monoisotopic (exact) mass is 707 g/mol. The topological polar surface area (TPSA) is 29.5 Å². The summed E-state index contributed by atoms with van der Waals surface area (Å²) in [5, 5.41) is 11.6. The van der Waals surface area contributed by atoms with E-state index in [4.69, 9.17) is 8.83 Å². The smallest absolute Gasteiger partial charge is 0.143 e. The van der Waals surface area contributed by atoms with Crippen molar-refractivity contribution in [2.75, 3.05) is 4.90 Å². The fourth-order valence-corrected chi connectivity index (χ4v) is 9.85. The van der Waals surface area contributed by atoms with Crippen LogP contribution in [0.4, 0.5) is 17.1 Å². The van der Waals surface area contributed by atoms with Crippen LogP contribution in [0, 0.1) is 0 Å². The van der Waals surface area contributed by atoms with Crippen LogP contribution in [-0.2, 0) is 0 Å². The van der Waals surface area contributed by atoms with Gasteiger partial charge < -0.3 is 13.7 Å². The molecule has 0 unspecified atom stereocenters. The average molecular weight is 708 g/mol. The van der Waals surface area contributed by atoms with Crippen molar-refractivity contribution in [2.24, 2.45) is 0 Å². The van der Waals surface area contributed by atoms with E-state index in [1.807, 2.05) is 11.3 Å². The molecule has 4 heteroatoms. The number of anilines is 3. The third-order valence-electron chi connectivity index (χ3n) is 11.0. The normalized spacial score (nSPS) is 12.1. The number of nitrogens with zero attached hydrogens (tertiary/aromatic N) is 1. The molecule has 0 radical (unpaired) electrons. The van der Waals surface area contributed by atoms with Crippen LogP contribution in [0.2, 0.25) is 0 Å². The zero-order chi connectivity index (χ0) is 35.3. The van der Waals surface area contributed by atoms with Gasteiger partial charge in [-0.3, -0.25) is 0 Å². The molecule has 0 spiro atoms. The Balaban J connectivity index is 1.14. The van der Waals surface area contributed by atoms with E-state index in [1.165, 1.54) is 30.9 Å². The van der Waals surface area contributed by atoms with Crippen molar-refractivity contribution in [1.29, 1.82) is 0 Å². The Morgan fingerprint density at radius 2 is 1.00 bits per heavy atom. The summed E-state index contributed by atoms with van der Waals surface area (Å²) in [6.07, 6.45) is 0. The number of benzene rings is 9. The number of fused-ring (bicyclic) bond motifs is 13. The number of hydrogen-bond acceptors (Lipinski definition) is 4. The van der Waals surface area contributed by atoms with Gasteiger partial charge in [0.05, 0.1) is 21.5 Å². The Kier molecular flexibility index (Phi) is 6.21. The Morgan fingerprint density at radius 3 is 1.78 bits per heavy atom. The number of rotatable bonds is 4. The van der Waals surface area contributed by atoms with Gasteiger partial charge in [-0.05, 0) is 76.5 Å². The van der Waals surface area contributed by atoms with E-state index in [-0.39, 0.29) is 0 Å². The van der Waals surface area contributed by atoms with Crippen molar-refractivity contribution in [3.63, 3.8) is 0 Å². The maximum atomic E-state index is 6.73. The summed E-state index contributed by atoms with van der Waals surface area (Å²) in [5.74, 6) is 0. The van der Waals surface area contributed by atoms with Gasteiger partial charge in [0, 0.05) is 48.1 Å². The molecule has 3 aromatic heterocycles. The summed E-state index contributed by atoms with van der Waals surface area (Å²) in [6, 6.07) is 63.0. The van der Waals surface area contributed by atoms with Crippen LogP contribution < -0.4 is 4.90 Å². The summed E-state index contributed by atoms with van der Waals surface area (Å²) in [6.45, 7) is 0. The molecule has 252 valence electrons. The second kappa shape index (κ2) is 11.3. The van der Waals surface area contributed by atoms with Crippen molar-refractivity contribution >= 4 is 114 Å². The molecule has 9 aromatic carbocycles. The van der Waals surface area contributed by atoms with Crippen molar-refractivity contribution in [1.82, 2.24) is 0 Å². The first-order chi connectivity index (χ1) is 26.8. The van der Waals surface area contributed by atoms with Crippen LogP contribution in [-0.4, -0.2) is 0 Å². The molecule has 0 fully saturated rings. The molecular formula is C50H29NO2S. The second-order valence-electron chi connectivity index (χ2n) is 14.0. The standard InChI is InChI=1S/C50H29NO2S/c1-3-15-35-30(11-1)25-27-39-46-34(18-9-22-43(46)52-48(35)39)32-13-7-14-33(29-32)51(42-21-8-19-38-37-17-5-6-24-45(37)54-50(38)42)41-20-10-23-44-47(41)40-28-26-31-12-2-4-16-36(31)49(40)53-44/h1-29H. The first-order valence-electron chi connectivity index (χ1n) is 18.3. The van der Waals surface area contributed by atoms with Gasteiger partial charge in [-0.25, -0.2) is 0 Å². The van der Waals surface area contributed by atoms with E-state index in [9.17, 15) is 0 Å². The molecule has 54 heavy (non-hydrogen) atoms. The Bertz CT molecular complexity index is 3470.